The average molecular weight is 274 g/mol. The lowest BCUT2D eigenvalue weighted by atomic mass is 10.0. The minimum atomic E-state index is 0.171. The molecular weight excluding hydrogens is 252 g/mol. The summed E-state index contributed by atoms with van der Waals surface area (Å²) in [6.45, 7) is 4.86. The number of ether oxygens (including phenoxy) is 2. The zero-order chi connectivity index (χ0) is 14.2. The van der Waals surface area contributed by atoms with Crippen molar-refractivity contribution in [2.24, 2.45) is 0 Å². The molecule has 1 N–H and O–H groups in total. The summed E-state index contributed by atoms with van der Waals surface area (Å²) in [6, 6.07) is 8.53. The van der Waals surface area contributed by atoms with Crippen LogP contribution in [0, 0.1) is 0 Å². The molecule has 1 atom stereocenters. The molecule has 4 heteroatoms. The first kappa shape index (κ1) is 14.9. The largest absolute Gasteiger partial charge is 0.382 e. The lowest BCUT2D eigenvalue weighted by Gasteiger charge is -2.20. The highest BCUT2D eigenvalue weighted by atomic mass is 16.5. The third-order valence-corrected chi connectivity index (χ3v) is 3.26. The maximum absolute atomic E-state index is 5.68. The molecular formula is C16H22N2O2. The first-order valence-corrected chi connectivity index (χ1v) is 6.99. The van der Waals surface area contributed by atoms with Gasteiger partial charge in [-0.15, -0.1) is 0 Å². The highest BCUT2D eigenvalue weighted by Gasteiger charge is 2.13. The summed E-state index contributed by atoms with van der Waals surface area (Å²) in [6.07, 6.45) is 3.74. The number of rotatable bonds is 8. The van der Waals surface area contributed by atoms with Gasteiger partial charge in [0.2, 0.25) is 0 Å². The van der Waals surface area contributed by atoms with Crippen molar-refractivity contribution in [3.05, 3.63) is 42.2 Å². The van der Waals surface area contributed by atoms with E-state index in [9.17, 15) is 0 Å². The summed E-state index contributed by atoms with van der Waals surface area (Å²) in [7, 11) is 1.68. The maximum atomic E-state index is 5.68. The minimum absolute atomic E-state index is 0.171. The molecule has 0 aliphatic carbocycles. The Morgan fingerprint density at radius 1 is 1.25 bits per heavy atom. The molecule has 2 aromatic rings. The Morgan fingerprint density at radius 2 is 2.15 bits per heavy atom. The van der Waals surface area contributed by atoms with Gasteiger partial charge in [-0.3, -0.25) is 4.98 Å². The van der Waals surface area contributed by atoms with Gasteiger partial charge in [0.15, 0.2) is 0 Å². The van der Waals surface area contributed by atoms with Crippen molar-refractivity contribution in [3.63, 3.8) is 0 Å². The molecule has 0 bridgehead atoms. The predicted octanol–water partition coefficient (Wildman–Crippen LogP) is 2.55. The van der Waals surface area contributed by atoms with E-state index in [1.165, 1.54) is 16.3 Å². The Labute approximate surface area is 120 Å². The van der Waals surface area contributed by atoms with Crippen LogP contribution in [0.5, 0.6) is 0 Å². The lowest BCUT2D eigenvalue weighted by Crippen LogP contribution is -2.26. The van der Waals surface area contributed by atoms with Gasteiger partial charge in [-0.05, 0) is 23.6 Å². The molecule has 0 aliphatic heterocycles. The Morgan fingerprint density at radius 3 is 2.95 bits per heavy atom. The number of benzene rings is 1. The number of hydrogen-bond donors (Lipinski definition) is 1. The van der Waals surface area contributed by atoms with Crippen LogP contribution in [0.15, 0.2) is 36.7 Å². The van der Waals surface area contributed by atoms with E-state index in [2.05, 4.69) is 35.4 Å². The van der Waals surface area contributed by atoms with Crippen LogP contribution < -0.4 is 5.32 Å². The molecule has 0 aliphatic rings. The van der Waals surface area contributed by atoms with Crippen LogP contribution in [0.2, 0.25) is 0 Å². The molecule has 1 aromatic carbocycles. The molecule has 20 heavy (non-hydrogen) atoms. The molecule has 4 nitrogen and oxygen atoms in total. The van der Waals surface area contributed by atoms with Crippen molar-refractivity contribution in [2.45, 2.75) is 13.0 Å². The third kappa shape index (κ3) is 3.76. The van der Waals surface area contributed by atoms with Crippen molar-refractivity contribution in [3.8, 4) is 0 Å². The number of nitrogens with zero attached hydrogens (tertiary/aromatic N) is 1. The van der Waals surface area contributed by atoms with Gasteiger partial charge in [-0.25, -0.2) is 0 Å². The number of aromatic nitrogens is 1. The second kappa shape index (κ2) is 7.94. The summed E-state index contributed by atoms with van der Waals surface area (Å²) in [5.41, 5.74) is 1.23. The SMILES string of the molecule is CCNC(COCCOC)c1cccc2ccncc12. The van der Waals surface area contributed by atoms with Gasteiger partial charge in [-0.2, -0.15) is 0 Å². The van der Waals surface area contributed by atoms with Crippen molar-refractivity contribution in [2.75, 3.05) is 33.5 Å². The maximum Gasteiger partial charge on any atom is 0.0701 e. The van der Waals surface area contributed by atoms with Crippen molar-refractivity contribution < 1.29 is 9.47 Å². The van der Waals surface area contributed by atoms with Crippen LogP contribution in [0.4, 0.5) is 0 Å². The average Bonchev–Trinajstić information content (AvgIpc) is 2.50. The number of hydrogen-bond acceptors (Lipinski definition) is 4. The summed E-state index contributed by atoms with van der Waals surface area (Å²) in [4.78, 5) is 4.24. The highest BCUT2D eigenvalue weighted by molar-refractivity contribution is 5.85. The van der Waals surface area contributed by atoms with Gasteiger partial charge < -0.3 is 14.8 Å². The molecule has 0 fully saturated rings. The van der Waals surface area contributed by atoms with Gasteiger partial charge in [0.25, 0.3) is 0 Å². The van der Waals surface area contributed by atoms with Gasteiger partial charge in [0, 0.05) is 24.9 Å². The number of nitrogens with one attached hydrogen (secondary N) is 1. The predicted molar refractivity (Wildman–Crippen MR) is 80.9 cm³/mol. The molecule has 2 rings (SSSR count). The number of pyridine rings is 1. The van der Waals surface area contributed by atoms with Crippen molar-refractivity contribution in [1.82, 2.24) is 10.3 Å². The van der Waals surface area contributed by atoms with Crippen LogP contribution >= 0.6 is 0 Å². The Kier molecular flexibility index (Phi) is 5.92. The topological polar surface area (TPSA) is 43.4 Å². The Bertz CT molecular complexity index is 525. The van der Waals surface area contributed by atoms with E-state index < -0.39 is 0 Å². The fourth-order valence-electron chi connectivity index (χ4n) is 2.29. The van der Waals surface area contributed by atoms with Gasteiger partial charge >= 0.3 is 0 Å². The normalized spacial score (nSPS) is 12.7. The monoisotopic (exact) mass is 274 g/mol. The Balaban J connectivity index is 2.18. The van der Waals surface area contributed by atoms with E-state index in [1.807, 2.05) is 18.5 Å². The minimum Gasteiger partial charge on any atom is -0.382 e. The van der Waals surface area contributed by atoms with Gasteiger partial charge in [-0.1, -0.05) is 25.1 Å². The molecule has 0 saturated heterocycles. The molecule has 1 heterocycles. The summed E-state index contributed by atoms with van der Waals surface area (Å²) in [5, 5.41) is 5.86. The van der Waals surface area contributed by atoms with Gasteiger partial charge in [0.05, 0.1) is 25.9 Å². The second-order valence-corrected chi connectivity index (χ2v) is 4.62. The Hall–Kier alpha value is -1.49. The zero-order valence-electron chi connectivity index (χ0n) is 12.1. The fraction of sp³-hybridized carbons (Fsp3) is 0.438. The summed E-state index contributed by atoms with van der Waals surface area (Å²) >= 11 is 0. The summed E-state index contributed by atoms with van der Waals surface area (Å²) in [5.74, 6) is 0. The lowest BCUT2D eigenvalue weighted by molar-refractivity contribution is 0.0590. The molecule has 1 aromatic heterocycles. The van der Waals surface area contributed by atoms with Gasteiger partial charge in [0.1, 0.15) is 0 Å². The first-order valence-electron chi connectivity index (χ1n) is 6.99. The van der Waals surface area contributed by atoms with Crippen LogP contribution in [-0.2, 0) is 9.47 Å². The van der Waals surface area contributed by atoms with Crippen LogP contribution in [0.3, 0.4) is 0 Å². The molecule has 1 unspecified atom stereocenters. The molecule has 0 saturated carbocycles. The standard InChI is InChI=1S/C16H22N2O2/c1-3-18-16(12-20-10-9-19-2)14-6-4-5-13-7-8-17-11-15(13)14/h4-8,11,16,18H,3,9-10,12H2,1-2H3. The third-order valence-electron chi connectivity index (χ3n) is 3.26. The van der Waals surface area contributed by atoms with E-state index in [4.69, 9.17) is 9.47 Å². The smallest absolute Gasteiger partial charge is 0.0701 e. The first-order chi connectivity index (χ1) is 9.86. The van der Waals surface area contributed by atoms with Crippen molar-refractivity contribution in [1.29, 1.82) is 0 Å². The quantitative estimate of drug-likeness (QED) is 0.751. The molecule has 0 amide bonds. The van der Waals surface area contributed by atoms with Crippen LogP contribution in [0.25, 0.3) is 10.8 Å². The molecule has 0 spiro atoms. The molecule has 108 valence electrons. The van der Waals surface area contributed by atoms with E-state index in [0.29, 0.717) is 19.8 Å². The van der Waals surface area contributed by atoms with Crippen molar-refractivity contribution >= 4 is 10.8 Å². The van der Waals surface area contributed by atoms with Crippen LogP contribution in [-0.4, -0.2) is 38.5 Å². The van der Waals surface area contributed by atoms with E-state index in [0.717, 1.165) is 6.54 Å². The number of fused-ring (bicyclic) bond motifs is 1. The number of methoxy groups -OCH3 is 1. The van der Waals surface area contributed by atoms with E-state index in [-0.39, 0.29) is 6.04 Å². The molecule has 0 radical (unpaired) electrons. The van der Waals surface area contributed by atoms with E-state index >= 15 is 0 Å². The zero-order valence-corrected chi connectivity index (χ0v) is 12.1. The second-order valence-electron chi connectivity index (χ2n) is 4.62. The number of likely N-dealkylation sites (N-methyl/N-ethyl adjacent to an activating group) is 1. The fourth-order valence-corrected chi connectivity index (χ4v) is 2.29. The highest BCUT2D eigenvalue weighted by Crippen LogP contribution is 2.23. The van der Waals surface area contributed by atoms with E-state index in [1.54, 1.807) is 7.11 Å². The summed E-state index contributed by atoms with van der Waals surface area (Å²) < 4.78 is 10.7. The van der Waals surface area contributed by atoms with Crippen LogP contribution in [0.1, 0.15) is 18.5 Å².